The van der Waals surface area contributed by atoms with Crippen LogP contribution < -0.4 is 15.4 Å². The summed E-state index contributed by atoms with van der Waals surface area (Å²) < 4.78 is 5.66. The highest BCUT2D eigenvalue weighted by Crippen LogP contribution is 2.23. The molecule has 7 heteroatoms. The smallest absolute Gasteiger partial charge is 0.260 e. The van der Waals surface area contributed by atoms with E-state index in [1.165, 1.54) is 0 Å². The van der Waals surface area contributed by atoms with Gasteiger partial charge in [0.05, 0.1) is 0 Å². The first-order chi connectivity index (χ1) is 14.9. The van der Waals surface area contributed by atoms with Gasteiger partial charge < -0.3 is 20.3 Å². The van der Waals surface area contributed by atoms with Crippen LogP contribution in [0.5, 0.6) is 5.75 Å². The monoisotopic (exact) mass is 423 g/mol. The second-order valence-corrected chi connectivity index (χ2v) is 7.85. The van der Waals surface area contributed by atoms with Gasteiger partial charge in [-0.2, -0.15) is 0 Å². The van der Waals surface area contributed by atoms with Crippen LogP contribution in [0.4, 0.5) is 5.69 Å². The van der Waals surface area contributed by atoms with Gasteiger partial charge in [-0.15, -0.1) is 0 Å². The van der Waals surface area contributed by atoms with Crippen molar-refractivity contribution in [1.29, 1.82) is 0 Å². The van der Waals surface area contributed by atoms with Crippen LogP contribution in [-0.4, -0.2) is 48.4 Å². The van der Waals surface area contributed by atoms with Crippen LogP contribution in [0.2, 0.25) is 0 Å². The maximum absolute atomic E-state index is 12.6. The van der Waals surface area contributed by atoms with Crippen molar-refractivity contribution in [3.63, 3.8) is 0 Å². The van der Waals surface area contributed by atoms with Crippen LogP contribution in [-0.2, 0) is 4.79 Å². The lowest BCUT2D eigenvalue weighted by Gasteiger charge is -2.38. The van der Waals surface area contributed by atoms with E-state index in [0.717, 1.165) is 19.3 Å². The summed E-state index contributed by atoms with van der Waals surface area (Å²) in [6, 6.07) is 13.8. The molecule has 0 radical (unpaired) electrons. The Labute approximate surface area is 182 Å². The zero-order valence-corrected chi connectivity index (χ0v) is 18.2. The molecule has 0 unspecified atom stereocenters. The van der Waals surface area contributed by atoms with Gasteiger partial charge in [0.25, 0.3) is 17.7 Å². The number of anilines is 1. The Morgan fingerprint density at radius 1 is 0.903 bits per heavy atom. The first-order valence-corrected chi connectivity index (χ1v) is 10.6. The van der Waals surface area contributed by atoms with Gasteiger partial charge in [0.15, 0.2) is 6.61 Å². The number of nitrogens with one attached hydrogen (secondary N) is 2. The highest BCUT2D eigenvalue weighted by Gasteiger charge is 2.28. The average Bonchev–Trinajstić information content (AvgIpc) is 2.78. The van der Waals surface area contributed by atoms with Gasteiger partial charge in [0, 0.05) is 35.9 Å². The summed E-state index contributed by atoms with van der Waals surface area (Å²) in [5.74, 6) is 0.0706. The Bertz CT molecular complexity index is 915. The summed E-state index contributed by atoms with van der Waals surface area (Å²) in [5.41, 5.74) is 1.57. The van der Waals surface area contributed by atoms with Crippen LogP contribution in [0.25, 0.3) is 0 Å². The molecule has 0 bridgehead atoms. The standard InChI is InChI=1S/C24H29N3O4/c1-16-5-4-6-17(2)27(16)22(28)15-31-21-13-9-19(10-14-21)24(30)26-20-11-7-18(8-12-20)23(29)25-3/h7-14,16-17H,4-6,15H2,1-3H3,(H,25,29)(H,26,30)/t16-,17-/m0/s1. The number of likely N-dealkylation sites (tertiary alicyclic amines) is 1. The van der Waals surface area contributed by atoms with E-state index in [0.29, 0.717) is 22.6 Å². The van der Waals surface area contributed by atoms with E-state index in [4.69, 9.17) is 4.74 Å². The third-order valence-electron chi connectivity index (χ3n) is 5.59. The molecule has 1 heterocycles. The average molecular weight is 424 g/mol. The van der Waals surface area contributed by atoms with E-state index >= 15 is 0 Å². The molecule has 164 valence electrons. The van der Waals surface area contributed by atoms with Crippen molar-refractivity contribution in [2.45, 2.75) is 45.2 Å². The van der Waals surface area contributed by atoms with Crippen molar-refractivity contribution in [3.8, 4) is 5.75 Å². The molecular weight excluding hydrogens is 394 g/mol. The second-order valence-electron chi connectivity index (χ2n) is 7.85. The molecule has 1 saturated heterocycles. The van der Waals surface area contributed by atoms with E-state index in [1.807, 2.05) is 4.90 Å². The van der Waals surface area contributed by atoms with Gasteiger partial charge in [-0.05, 0) is 81.6 Å². The number of hydrogen-bond acceptors (Lipinski definition) is 4. The van der Waals surface area contributed by atoms with Gasteiger partial charge >= 0.3 is 0 Å². The first-order valence-electron chi connectivity index (χ1n) is 10.6. The molecule has 3 amide bonds. The third-order valence-corrected chi connectivity index (χ3v) is 5.59. The SMILES string of the molecule is CNC(=O)c1ccc(NC(=O)c2ccc(OCC(=O)N3[C@@H](C)CCC[C@@H]3C)cc2)cc1. The number of hydrogen-bond donors (Lipinski definition) is 2. The molecule has 0 aliphatic carbocycles. The molecule has 1 fully saturated rings. The summed E-state index contributed by atoms with van der Waals surface area (Å²) in [7, 11) is 1.57. The number of rotatable bonds is 6. The fourth-order valence-electron chi connectivity index (χ4n) is 3.89. The fourth-order valence-corrected chi connectivity index (χ4v) is 3.89. The summed E-state index contributed by atoms with van der Waals surface area (Å²) in [6.45, 7) is 4.14. The fraction of sp³-hybridized carbons (Fsp3) is 0.375. The van der Waals surface area contributed by atoms with E-state index in [2.05, 4.69) is 24.5 Å². The minimum atomic E-state index is -0.272. The molecule has 0 aromatic heterocycles. The van der Waals surface area contributed by atoms with Gasteiger partial charge in [0.2, 0.25) is 0 Å². The molecule has 2 N–H and O–H groups in total. The van der Waals surface area contributed by atoms with Crippen molar-refractivity contribution < 1.29 is 19.1 Å². The molecule has 2 aromatic carbocycles. The summed E-state index contributed by atoms with van der Waals surface area (Å²) in [5, 5.41) is 5.34. The van der Waals surface area contributed by atoms with E-state index in [1.54, 1.807) is 55.6 Å². The number of benzene rings is 2. The molecule has 3 rings (SSSR count). The Hall–Kier alpha value is -3.35. The van der Waals surface area contributed by atoms with Crippen LogP contribution in [0, 0.1) is 0 Å². The van der Waals surface area contributed by atoms with Gasteiger partial charge in [-0.3, -0.25) is 14.4 Å². The largest absolute Gasteiger partial charge is 0.484 e. The summed E-state index contributed by atoms with van der Waals surface area (Å²) in [6.07, 6.45) is 3.19. The van der Waals surface area contributed by atoms with Crippen molar-refractivity contribution in [1.82, 2.24) is 10.2 Å². The van der Waals surface area contributed by atoms with E-state index in [-0.39, 0.29) is 36.4 Å². The van der Waals surface area contributed by atoms with E-state index in [9.17, 15) is 14.4 Å². The van der Waals surface area contributed by atoms with Gasteiger partial charge in [-0.1, -0.05) is 0 Å². The van der Waals surface area contributed by atoms with Crippen molar-refractivity contribution in [3.05, 3.63) is 59.7 Å². The maximum Gasteiger partial charge on any atom is 0.260 e. The Kier molecular flexibility index (Phi) is 7.28. The first kappa shape index (κ1) is 22.3. The second kappa shape index (κ2) is 10.1. The quantitative estimate of drug-likeness (QED) is 0.745. The number of nitrogens with zero attached hydrogens (tertiary/aromatic N) is 1. The van der Waals surface area contributed by atoms with Gasteiger partial charge in [0.1, 0.15) is 5.75 Å². The number of carbonyl (C=O) groups excluding carboxylic acids is 3. The lowest BCUT2D eigenvalue weighted by molar-refractivity contribution is -0.139. The summed E-state index contributed by atoms with van der Waals surface area (Å²) in [4.78, 5) is 38.5. The third kappa shape index (κ3) is 5.63. The molecule has 0 spiro atoms. The molecule has 0 saturated carbocycles. The highest BCUT2D eigenvalue weighted by molar-refractivity contribution is 6.04. The predicted octanol–water partition coefficient (Wildman–Crippen LogP) is 3.47. The van der Waals surface area contributed by atoms with Crippen LogP contribution >= 0.6 is 0 Å². The molecular formula is C24H29N3O4. The number of amides is 3. The lowest BCUT2D eigenvalue weighted by atomic mass is 9.97. The molecule has 1 aliphatic heterocycles. The van der Waals surface area contributed by atoms with Crippen molar-refractivity contribution in [2.75, 3.05) is 19.0 Å². The van der Waals surface area contributed by atoms with E-state index < -0.39 is 0 Å². The van der Waals surface area contributed by atoms with Gasteiger partial charge in [-0.25, -0.2) is 0 Å². The molecule has 2 atom stereocenters. The zero-order valence-electron chi connectivity index (χ0n) is 18.2. The number of piperidine rings is 1. The Balaban J connectivity index is 1.54. The Morgan fingerprint density at radius 2 is 1.45 bits per heavy atom. The number of ether oxygens (including phenoxy) is 1. The molecule has 1 aliphatic rings. The molecule has 31 heavy (non-hydrogen) atoms. The van der Waals surface area contributed by atoms with Crippen molar-refractivity contribution in [2.24, 2.45) is 0 Å². The minimum Gasteiger partial charge on any atom is -0.484 e. The highest BCUT2D eigenvalue weighted by atomic mass is 16.5. The van der Waals surface area contributed by atoms with Crippen molar-refractivity contribution >= 4 is 23.4 Å². The van der Waals surface area contributed by atoms with Crippen LogP contribution in [0.1, 0.15) is 53.8 Å². The maximum atomic E-state index is 12.6. The van der Waals surface area contributed by atoms with Crippen LogP contribution in [0.3, 0.4) is 0 Å². The minimum absolute atomic E-state index is 0.0123. The lowest BCUT2D eigenvalue weighted by Crippen LogP contribution is -2.49. The molecule has 7 nitrogen and oxygen atoms in total. The Morgan fingerprint density at radius 3 is 2.03 bits per heavy atom. The normalized spacial score (nSPS) is 18.2. The predicted molar refractivity (Wildman–Crippen MR) is 119 cm³/mol. The molecule has 2 aromatic rings. The van der Waals surface area contributed by atoms with Crippen LogP contribution in [0.15, 0.2) is 48.5 Å². The summed E-state index contributed by atoms with van der Waals surface area (Å²) >= 11 is 0. The topological polar surface area (TPSA) is 87.7 Å². The number of carbonyl (C=O) groups is 3. The zero-order chi connectivity index (χ0) is 22.4.